The van der Waals surface area contributed by atoms with Gasteiger partial charge in [-0.25, -0.2) is 4.98 Å². The van der Waals surface area contributed by atoms with Crippen LogP contribution in [0.25, 0.3) is 0 Å². The molecule has 1 aromatic heterocycles. The van der Waals surface area contributed by atoms with Crippen LogP contribution < -0.4 is 5.73 Å². The van der Waals surface area contributed by atoms with E-state index in [-0.39, 0.29) is 6.10 Å². The van der Waals surface area contributed by atoms with Crippen LogP contribution in [0.1, 0.15) is 25.5 Å². The number of aryl methyl sites for hydroxylation is 1. The Morgan fingerprint density at radius 1 is 1.67 bits per heavy atom. The van der Waals surface area contributed by atoms with E-state index in [0.717, 1.165) is 30.8 Å². The molecule has 0 fully saturated rings. The van der Waals surface area contributed by atoms with E-state index in [4.69, 9.17) is 10.6 Å². The highest BCUT2D eigenvalue weighted by Gasteiger charge is 2.22. The number of hydrogen-bond donors (Lipinski definition) is 1. The van der Waals surface area contributed by atoms with Gasteiger partial charge < -0.3 is 15.1 Å². The largest absolute Gasteiger partial charge is 0.390 e. The van der Waals surface area contributed by atoms with Crippen molar-refractivity contribution in [2.24, 2.45) is 10.9 Å². The molecule has 82 valence electrons. The zero-order valence-corrected chi connectivity index (χ0v) is 8.89. The Kier molecular flexibility index (Phi) is 3.01. The summed E-state index contributed by atoms with van der Waals surface area (Å²) in [4.78, 5) is 9.33. The third-order valence-electron chi connectivity index (χ3n) is 2.47. The van der Waals surface area contributed by atoms with E-state index in [2.05, 4.69) is 21.6 Å². The second-order valence-corrected chi connectivity index (χ2v) is 3.68. The molecule has 1 aliphatic heterocycles. The first-order valence-electron chi connectivity index (χ1n) is 5.28. The van der Waals surface area contributed by atoms with Crippen molar-refractivity contribution >= 4 is 5.71 Å². The van der Waals surface area contributed by atoms with Gasteiger partial charge in [0, 0.05) is 19.5 Å². The average molecular weight is 208 g/mol. The summed E-state index contributed by atoms with van der Waals surface area (Å²) in [6.07, 6.45) is 5.56. The van der Waals surface area contributed by atoms with Crippen LogP contribution in [-0.4, -0.2) is 27.9 Å². The highest BCUT2D eigenvalue weighted by atomic mass is 16.6. The number of hydrogen-bond acceptors (Lipinski definition) is 4. The summed E-state index contributed by atoms with van der Waals surface area (Å²) < 4.78 is 2.10. The summed E-state index contributed by atoms with van der Waals surface area (Å²) in [6, 6.07) is 0. The SMILES string of the molecule is CCCn1cncc1C1=NOC(CN)C1. The molecule has 2 rings (SSSR count). The molecule has 15 heavy (non-hydrogen) atoms. The van der Waals surface area contributed by atoms with E-state index in [9.17, 15) is 0 Å². The lowest BCUT2D eigenvalue weighted by Gasteiger charge is -2.05. The van der Waals surface area contributed by atoms with E-state index in [0.29, 0.717) is 6.54 Å². The normalized spacial score (nSPS) is 20.1. The Balaban J connectivity index is 2.13. The third-order valence-corrected chi connectivity index (χ3v) is 2.47. The van der Waals surface area contributed by atoms with Gasteiger partial charge in [0.15, 0.2) is 0 Å². The zero-order valence-electron chi connectivity index (χ0n) is 8.89. The van der Waals surface area contributed by atoms with Crippen molar-refractivity contribution < 1.29 is 4.84 Å². The summed E-state index contributed by atoms with van der Waals surface area (Å²) in [5, 5.41) is 4.05. The van der Waals surface area contributed by atoms with Crippen molar-refractivity contribution in [3.8, 4) is 0 Å². The lowest BCUT2D eigenvalue weighted by Crippen LogP contribution is -2.20. The molecule has 0 aliphatic carbocycles. The van der Waals surface area contributed by atoms with Gasteiger partial charge in [-0.15, -0.1) is 0 Å². The van der Waals surface area contributed by atoms with Crippen molar-refractivity contribution in [2.75, 3.05) is 6.54 Å². The highest BCUT2D eigenvalue weighted by Crippen LogP contribution is 2.15. The van der Waals surface area contributed by atoms with Gasteiger partial charge in [-0.2, -0.15) is 0 Å². The Labute approximate surface area is 88.9 Å². The molecule has 0 amide bonds. The molecule has 1 unspecified atom stereocenters. The minimum Gasteiger partial charge on any atom is -0.390 e. The van der Waals surface area contributed by atoms with Crippen LogP contribution in [-0.2, 0) is 11.4 Å². The third kappa shape index (κ3) is 2.02. The molecule has 0 aromatic carbocycles. The summed E-state index contributed by atoms with van der Waals surface area (Å²) in [5.74, 6) is 0. The van der Waals surface area contributed by atoms with Crippen LogP contribution in [0.4, 0.5) is 0 Å². The van der Waals surface area contributed by atoms with Crippen LogP contribution in [0, 0.1) is 0 Å². The lowest BCUT2D eigenvalue weighted by molar-refractivity contribution is 0.0918. The van der Waals surface area contributed by atoms with Gasteiger partial charge in [-0.3, -0.25) is 0 Å². The fourth-order valence-corrected chi connectivity index (χ4v) is 1.69. The molecule has 2 heterocycles. The Hall–Kier alpha value is -1.36. The second kappa shape index (κ2) is 4.44. The summed E-state index contributed by atoms with van der Waals surface area (Å²) in [5.41, 5.74) is 7.53. The zero-order chi connectivity index (χ0) is 10.7. The van der Waals surface area contributed by atoms with Gasteiger partial charge in [0.2, 0.25) is 0 Å². The van der Waals surface area contributed by atoms with E-state index in [1.54, 1.807) is 0 Å². The summed E-state index contributed by atoms with van der Waals surface area (Å²) in [6.45, 7) is 3.61. The standard InChI is InChI=1S/C10H16N4O/c1-2-3-14-7-12-6-10(14)9-4-8(5-11)15-13-9/h6-8H,2-5,11H2,1H3. The molecule has 5 heteroatoms. The van der Waals surface area contributed by atoms with Gasteiger partial charge in [0.1, 0.15) is 11.8 Å². The number of nitrogens with two attached hydrogens (primary N) is 1. The van der Waals surface area contributed by atoms with E-state index < -0.39 is 0 Å². The molecule has 0 saturated carbocycles. The first-order valence-corrected chi connectivity index (χ1v) is 5.28. The molecule has 2 N–H and O–H groups in total. The first kappa shape index (κ1) is 10.2. The van der Waals surface area contributed by atoms with E-state index in [1.165, 1.54) is 0 Å². The molecule has 0 bridgehead atoms. The minimum atomic E-state index is 0.0324. The number of oxime groups is 1. The van der Waals surface area contributed by atoms with Crippen LogP contribution >= 0.6 is 0 Å². The van der Waals surface area contributed by atoms with Crippen molar-refractivity contribution in [1.82, 2.24) is 9.55 Å². The molecule has 0 radical (unpaired) electrons. The smallest absolute Gasteiger partial charge is 0.145 e. The molecule has 0 spiro atoms. The lowest BCUT2D eigenvalue weighted by atomic mass is 10.1. The Morgan fingerprint density at radius 2 is 2.53 bits per heavy atom. The first-order chi connectivity index (χ1) is 7.35. The monoisotopic (exact) mass is 208 g/mol. The molecular formula is C10H16N4O. The number of aromatic nitrogens is 2. The van der Waals surface area contributed by atoms with Crippen LogP contribution in [0.3, 0.4) is 0 Å². The fourth-order valence-electron chi connectivity index (χ4n) is 1.69. The maximum absolute atomic E-state index is 5.53. The van der Waals surface area contributed by atoms with Gasteiger partial charge in [-0.1, -0.05) is 12.1 Å². The predicted molar refractivity (Wildman–Crippen MR) is 57.6 cm³/mol. The summed E-state index contributed by atoms with van der Waals surface area (Å²) in [7, 11) is 0. The average Bonchev–Trinajstić information content (AvgIpc) is 2.85. The summed E-state index contributed by atoms with van der Waals surface area (Å²) >= 11 is 0. The van der Waals surface area contributed by atoms with E-state index in [1.807, 2.05) is 12.5 Å². The molecule has 0 saturated heterocycles. The molecule has 1 atom stereocenters. The van der Waals surface area contributed by atoms with Gasteiger partial charge in [-0.05, 0) is 6.42 Å². The highest BCUT2D eigenvalue weighted by molar-refractivity contribution is 5.99. The van der Waals surface area contributed by atoms with Crippen molar-refractivity contribution in [3.05, 3.63) is 18.2 Å². The maximum Gasteiger partial charge on any atom is 0.145 e. The van der Waals surface area contributed by atoms with Crippen molar-refractivity contribution in [1.29, 1.82) is 0 Å². The minimum absolute atomic E-state index is 0.0324. The van der Waals surface area contributed by atoms with Gasteiger partial charge >= 0.3 is 0 Å². The van der Waals surface area contributed by atoms with Gasteiger partial charge in [0.25, 0.3) is 0 Å². The van der Waals surface area contributed by atoms with Crippen LogP contribution in [0.2, 0.25) is 0 Å². The van der Waals surface area contributed by atoms with Crippen molar-refractivity contribution in [3.63, 3.8) is 0 Å². The molecular weight excluding hydrogens is 192 g/mol. The van der Waals surface area contributed by atoms with Crippen LogP contribution in [0.15, 0.2) is 17.7 Å². The topological polar surface area (TPSA) is 65.4 Å². The fraction of sp³-hybridized carbons (Fsp3) is 0.600. The number of nitrogens with zero attached hydrogens (tertiary/aromatic N) is 3. The Bertz CT molecular complexity index is 358. The molecule has 1 aromatic rings. The van der Waals surface area contributed by atoms with Crippen molar-refractivity contribution in [2.45, 2.75) is 32.4 Å². The van der Waals surface area contributed by atoms with Gasteiger partial charge in [0.05, 0.1) is 18.2 Å². The van der Waals surface area contributed by atoms with Crippen LogP contribution in [0.5, 0.6) is 0 Å². The number of rotatable bonds is 4. The second-order valence-electron chi connectivity index (χ2n) is 3.68. The predicted octanol–water partition coefficient (Wildman–Crippen LogP) is 0.745. The Morgan fingerprint density at radius 3 is 3.20 bits per heavy atom. The quantitative estimate of drug-likeness (QED) is 0.793. The molecule has 1 aliphatic rings. The maximum atomic E-state index is 5.53. The van der Waals surface area contributed by atoms with E-state index >= 15 is 0 Å². The number of imidazole rings is 1. The molecule has 5 nitrogen and oxygen atoms in total.